The van der Waals surface area contributed by atoms with Crippen LogP contribution < -0.4 is 0 Å². The zero-order valence-electron chi connectivity index (χ0n) is 11.0. The first kappa shape index (κ1) is 14.2. The first-order valence-electron chi connectivity index (χ1n) is 7.25. The Hall–Kier alpha value is -0.850. The van der Waals surface area contributed by atoms with Crippen LogP contribution in [-0.4, -0.2) is 5.78 Å². The maximum absolute atomic E-state index is 11.5. The molecule has 0 radical (unpaired) electrons. The molecule has 0 unspecified atom stereocenters. The first-order valence-corrected chi connectivity index (χ1v) is 7.25. The molecule has 0 bridgehead atoms. The molecule has 0 fully saturated rings. The molecule has 0 aromatic carbocycles. The lowest BCUT2D eigenvalue weighted by Gasteiger charge is -2.02. The second-order valence-corrected chi connectivity index (χ2v) is 4.97. The van der Waals surface area contributed by atoms with Crippen LogP contribution in [0.3, 0.4) is 0 Å². The molecule has 96 valence electrons. The van der Waals surface area contributed by atoms with Gasteiger partial charge in [0.1, 0.15) is 0 Å². The van der Waals surface area contributed by atoms with E-state index in [-0.39, 0.29) is 5.78 Å². The summed E-state index contributed by atoms with van der Waals surface area (Å²) in [7, 11) is 0. The minimum Gasteiger partial charge on any atom is -0.295 e. The predicted molar refractivity (Wildman–Crippen MR) is 74.1 cm³/mol. The first-order chi connectivity index (χ1) is 8.39. The van der Waals surface area contributed by atoms with Gasteiger partial charge in [0.25, 0.3) is 0 Å². The Morgan fingerprint density at radius 3 is 2.00 bits per heavy atom. The van der Waals surface area contributed by atoms with Crippen molar-refractivity contribution in [2.24, 2.45) is 0 Å². The molecule has 1 aliphatic carbocycles. The van der Waals surface area contributed by atoms with Crippen LogP contribution in [-0.2, 0) is 4.79 Å². The van der Waals surface area contributed by atoms with Gasteiger partial charge in [-0.2, -0.15) is 0 Å². The molecule has 0 saturated carbocycles. The van der Waals surface area contributed by atoms with Crippen LogP contribution in [0.15, 0.2) is 24.3 Å². The van der Waals surface area contributed by atoms with E-state index in [2.05, 4.69) is 6.08 Å². The molecule has 0 amide bonds. The standard InChI is InChI=1S/C16H26O/c17-16-14-12-10-8-6-4-2-1-3-5-7-9-11-13-15-16/h8,10,12,14H,1-7,9,11,13,15H2. The highest BCUT2D eigenvalue weighted by atomic mass is 16.1. The third-order valence-electron chi connectivity index (χ3n) is 3.32. The highest BCUT2D eigenvalue weighted by molar-refractivity contribution is 5.89. The van der Waals surface area contributed by atoms with E-state index in [9.17, 15) is 4.79 Å². The predicted octanol–water partition coefficient (Wildman–Crippen LogP) is 4.97. The fourth-order valence-electron chi connectivity index (χ4n) is 2.22. The summed E-state index contributed by atoms with van der Waals surface area (Å²) in [6, 6.07) is 0. The van der Waals surface area contributed by atoms with Gasteiger partial charge in [-0.1, -0.05) is 63.2 Å². The number of ketones is 1. The van der Waals surface area contributed by atoms with Gasteiger partial charge in [0, 0.05) is 6.42 Å². The molecule has 0 saturated heterocycles. The fraction of sp³-hybridized carbons (Fsp3) is 0.688. The number of carbonyl (C=O) groups excluding carboxylic acids is 1. The van der Waals surface area contributed by atoms with Gasteiger partial charge in [-0.25, -0.2) is 0 Å². The van der Waals surface area contributed by atoms with Crippen molar-refractivity contribution in [1.82, 2.24) is 0 Å². The van der Waals surface area contributed by atoms with Gasteiger partial charge in [0.05, 0.1) is 0 Å². The molecule has 0 N–H and O–H groups in total. The second kappa shape index (κ2) is 10.3. The zero-order chi connectivity index (χ0) is 12.2. The van der Waals surface area contributed by atoms with Crippen LogP contribution in [0.5, 0.6) is 0 Å². The zero-order valence-corrected chi connectivity index (χ0v) is 11.0. The van der Waals surface area contributed by atoms with Crippen molar-refractivity contribution in [1.29, 1.82) is 0 Å². The quantitative estimate of drug-likeness (QED) is 0.578. The van der Waals surface area contributed by atoms with Gasteiger partial charge < -0.3 is 0 Å². The van der Waals surface area contributed by atoms with E-state index in [1.54, 1.807) is 6.08 Å². The lowest BCUT2D eigenvalue weighted by atomic mass is 10.0. The Kier molecular flexibility index (Phi) is 8.62. The molecule has 1 heteroatoms. The largest absolute Gasteiger partial charge is 0.295 e. The Morgan fingerprint density at radius 1 is 0.706 bits per heavy atom. The van der Waals surface area contributed by atoms with Crippen LogP contribution in [0.2, 0.25) is 0 Å². The van der Waals surface area contributed by atoms with Gasteiger partial charge in [-0.3, -0.25) is 4.79 Å². The van der Waals surface area contributed by atoms with Crippen molar-refractivity contribution >= 4 is 5.78 Å². The van der Waals surface area contributed by atoms with E-state index in [0.29, 0.717) is 0 Å². The molecule has 1 nitrogen and oxygen atoms in total. The normalized spacial score (nSPS) is 21.5. The third kappa shape index (κ3) is 8.91. The smallest absolute Gasteiger partial charge is 0.155 e. The average molecular weight is 234 g/mol. The highest BCUT2D eigenvalue weighted by Gasteiger charge is 1.97. The maximum Gasteiger partial charge on any atom is 0.155 e. The van der Waals surface area contributed by atoms with Crippen LogP contribution in [0.4, 0.5) is 0 Å². The summed E-state index contributed by atoms with van der Waals surface area (Å²) >= 11 is 0. The summed E-state index contributed by atoms with van der Waals surface area (Å²) in [5.41, 5.74) is 0. The van der Waals surface area contributed by atoms with Crippen molar-refractivity contribution in [3.05, 3.63) is 24.3 Å². The van der Waals surface area contributed by atoms with E-state index in [0.717, 1.165) is 19.3 Å². The molecular formula is C16H26O. The van der Waals surface area contributed by atoms with Crippen LogP contribution in [0, 0.1) is 0 Å². The summed E-state index contributed by atoms with van der Waals surface area (Å²) in [6.07, 6.45) is 21.4. The fourth-order valence-corrected chi connectivity index (χ4v) is 2.22. The van der Waals surface area contributed by atoms with Crippen molar-refractivity contribution in [3.63, 3.8) is 0 Å². The SMILES string of the molecule is O=C1C=CC=CCCCCCCCCCCC1. The lowest BCUT2D eigenvalue weighted by molar-refractivity contribution is -0.114. The van der Waals surface area contributed by atoms with Gasteiger partial charge in [0.2, 0.25) is 0 Å². The minimum atomic E-state index is 0.279. The van der Waals surface area contributed by atoms with E-state index in [1.165, 1.54) is 51.4 Å². The molecule has 1 aliphatic rings. The Balaban J connectivity index is 2.28. The number of hydrogen-bond acceptors (Lipinski definition) is 1. The Labute approximate surface area is 106 Å². The van der Waals surface area contributed by atoms with Gasteiger partial charge in [-0.05, 0) is 25.3 Å². The van der Waals surface area contributed by atoms with Crippen LogP contribution in [0.25, 0.3) is 0 Å². The number of carbonyl (C=O) groups is 1. The third-order valence-corrected chi connectivity index (χ3v) is 3.32. The topological polar surface area (TPSA) is 17.1 Å². The van der Waals surface area contributed by atoms with Crippen molar-refractivity contribution < 1.29 is 4.79 Å². The van der Waals surface area contributed by atoms with Crippen LogP contribution in [0.1, 0.15) is 70.6 Å². The number of hydrogen-bond donors (Lipinski definition) is 0. The van der Waals surface area contributed by atoms with Crippen molar-refractivity contribution in [3.8, 4) is 0 Å². The number of allylic oxidation sites excluding steroid dienone is 4. The maximum atomic E-state index is 11.5. The summed E-state index contributed by atoms with van der Waals surface area (Å²) in [5, 5.41) is 0. The van der Waals surface area contributed by atoms with Gasteiger partial charge in [-0.15, -0.1) is 0 Å². The van der Waals surface area contributed by atoms with Gasteiger partial charge in [0.15, 0.2) is 5.78 Å². The molecular weight excluding hydrogens is 208 g/mol. The molecule has 0 aromatic rings. The van der Waals surface area contributed by atoms with Crippen molar-refractivity contribution in [2.45, 2.75) is 70.6 Å². The minimum absolute atomic E-state index is 0.279. The summed E-state index contributed by atoms with van der Waals surface area (Å²) < 4.78 is 0. The Morgan fingerprint density at radius 2 is 1.29 bits per heavy atom. The molecule has 17 heavy (non-hydrogen) atoms. The molecule has 0 heterocycles. The summed E-state index contributed by atoms with van der Waals surface area (Å²) in [6.45, 7) is 0. The number of rotatable bonds is 0. The monoisotopic (exact) mass is 234 g/mol. The van der Waals surface area contributed by atoms with Crippen LogP contribution >= 0.6 is 0 Å². The molecule has 0 aromatic heterocycles. The summed E-state index contributed by atoms with van der Waals surface area (Å²) in [5.74, 6) is 0.279. The molecule has 1 rings (SSSR count). The molecule has 0 spiro atoms. The van der Waals surface area contributed by atoms with E-state index < -0.39 is 0 Å². The van der Waals surface area contributed by atoms with E-state index >= 15 is 0 Å². The average Bonchev–Trinajstić information content (AvgIpc) is 2.32. The second-order valence-electron chi connectivity index (χ2n) is 4.97. The van der Waals surface area contributed by atoms with E-state index in [1.807, 2.05) is 12.2 Å². The highest BCUT2D eigenvalue weighted by Crippen LogP contribution is 2.12. The molecule has 0 atom stereocenters. The Bertz CT molecular complexity index is 250. The lowest BCUT2D eigenvalue weighted by Crippen LogP contribution is -1.92. The van der Waals surface area contributed by atoms with Crippen molar-refractivity contribution in [2.75, 3.05) is 0 Å². The molecule has 0 aliphatic heterocycles. The summed E-state index contributed by atoms with van der Waals surface area (Å²) in [4.78, 5) is 11.5. The van der Waals surface area contributed by atoms with Gasteiger partial charge >= 0.3 is 0 Å². The van der Waals surface area contributed by atoms with E-state index in [4.69, 9.17) is 0 Å².